The highest BCUT2D eigenvalue weighted by Gasteiger charge is 2.07. The molecule has 0 radical (unpaired) electrons. The summed E-state index contributed by atoms with van der Waals surface area (Å²) < 4.78 is 0. The van der Waals surface area contributed by atoms with Crippen LogP contribution in [0.1, 0.15) is 6.92 Å². The van der Waals surface area contributed by atoms with Crippen LogP contribution in [0.3, 0.4) is 0 Å². The van der Waals surface area contributed by atoms with E-state index in [1.165, 1.54) is 0 Å². The Bertz CT molecular complexity index is 112. The molecule has 0 bridgehead atoms. The minimum Gasteiger partial charge on any atom is -0.384 e. The van der Waals surface area contributed by atoms with Crippen molar-refractivity contribution in [2.24, 2.45) is 0 Å². The van der Waals surface area contributed by atoms with E-state index in [1.807, 2.05) is 5.92 Å². The maximum atomic E-state index is 8.42. The van der Waals surface area contributed by atoms with E-state index in [-0.39, 0.29) is 6.61 Å². The van der Waals surface area contributed by atoms with Gasteiger partial charge < -0.3 is 15.3 Å². The highest BCUT2D eigenvalue weighted by molar-refractivity contribution is 5.06. The first kappa shape index (κ1) is 7.44. The molecule has 0 rings (SSSR count). The van der Waals surface area contributed by atoms with Crippen LogP contribution in [-0.4, -0.2) is 27.7 Å². The molecule has 0 aliphatic rings. The summed E-state index contributed by atoms with van der Waals surface area (Å²) in [4.78, 5) is 0. The van der Waals surface area contributed by atoms with Crippen molar-refractivity contribution in [3.05, 3.63) is 0 Å². The number of aliphatic hydroxyl groups is 3. The maximum absolute atomic E-state index is 8.42. The fraction of sp³-hybridized carbons (Fsp3) is 0.600. The zero-order valence-corrected chi connectivity index (χ0v) is 4.55. The van der Waals surface area contributed by atoms with Crippen molar-refractivity contribution in [3.63, 3.8) is 0 Å². The van der Waals surface area contributed by atoms with Crippen LogP contribution >= 0.6 is 0 Å². The minimum absolute atomic E-state index is 0.350. The lowest BCUT2D eigenvalue weighted by molar-refractivity contribution is -0.0916. The summed E-state index contributed by atoms with van der Waals surface area (Å²) >= 11 is 0. The molecule has 3 nitrogen and oxygen atoms in total. The van der Waals surface area contributed by atoms with E-state index in [1.54, 1.807) is 0 Å². The van der Waals surface area contributed by atoms with Crippen LogP contribution in [0.15, 0.2) is 0 Å². The molecule has 46 valence electrons. The first-order chi connectivity index (χ1) is 3.56. The van der Waals surface area contributed by atoms with Gasteiger partial charge in [-0.3, -0.25) is 0 Å². The van der Waals surface area contributed by atoms with E-state index < -0.39 is 5.79 Å². The molecule has 0 aromatic heterocycles. The standard InChI is InChI=1S/C5H8O3/c1-5(7,8)3-2-4-6/h6-8H,4H2,1H3. The summed E-state index contributed by atoms with van der Waals surface area (Å²) in [5.41, 5.74) is 0. The van der Waals surface area contributed by atoms with Crippen molar-refractivity contribution in [1.82, 2.24) is 0 Å². The Hall–Kier alpha value is -0.560. The lowest BCUT2D eigenvalue weighted by Crippen LogP contribution is -2.19. The van der Waals surface area contributed by atoms with Crippen LogP contribution in [0.5, 0.6) is 0 Å². The molecule has 3 heteroatoms. The van der Waals surface area contributed by atoms with E-state index in [0.29, 0.717) is 0 Å². The summed E-state index contributed by atoms with van der Waals surface area (Å²) in [7, 11) is 0. The molecule has 0 unspecified atom stereocenters. The van der Waals surface area contributed by atoms with Crippen molar-refractivity contribution >= 4 is 0 Å². The second-order valence-electron chi connectivity index (χ2n) is 1.48. The number of hydrogen-bond donors (Lipinski definition) is 3. The summed E-state index contributed by atoms with van der Waals surface area (Å²) in [6.45, 7) is 0.770. The van der Waals surface area contributed by atoms with Crippen LogP contribution in [0.25, 0.3) is 0 Å². The Morgan fingerprint density at radius 1 is 1.50 bits per heavy atom. The van der Waals surface area contributed by atoms with E-state index >= 15 is 0 Å². The van der Waals surface area contributed by atoms with Crippen LogP contribution in [0.4, 0.5) is 0 Å². The van der Waals surface area contributed by atoms with Gasteiger partial charge in [0.2, 0.25) is 5.79 Å². The Kier molecular flexibility index (Phi) is 2.49. The van der Waals surface area contributed by atoms with E-state index in [9.17, 15) is 0 Å². The normalized spacial score (nSPS) is 10.0. The fourth-order valence-electron chi connectivity index (χ4n) is 0.207. The number of aliphatic hydroxyl groups excluding tert-OH is 1. The monoisotopic (exact) mass is 116 g/mol. The van der Waals surface area contributed by atoms with Crippen LogP contribution in [0, 0.1) is 11.8 Å². The summed E-state index contributed by atoms with van der Waals surface area (Å²) in [5.74, 6) is 2.11. The van der Waals surface area contributed by atoms with Crippen LogP contribution < -0.4 is 0 Å². The predicted molar refractivity (Wildman–Crippen MR) is 27.7 cm³/mol. The predicted octanol–water partition coefficient (Wildman–Crippen LogP) is -1.32. The Morgan fingerprint density at radius 2 is 2.00 bits per heavy atom. The van der Waals surface area contributed by atoms with Gasteiger partial charge >= 0.3 is 0 Å². The highest BCUT2D eigenvalue weighted by Crippen LogP contribution is 1.90. The van der Waals surface area contributed by atoms with Gasteiger partial charge in [0.25, 0.3) is 0 Å². The number of rotatable bonds is 0. The van der Waals surface area contributed by atoms with Crippen molar-refractivity contribution in [1.29, 1.82) is 0 Å². The molecular formula is C5H8O3. The van der Waals surface area contributed by atoms with Gasteiger partial charge in [-0.05, 0) is 5.92 Å². The molecule has 8 heavy (non-hydrogen) atoms. The minimum atomic E-state index is -1.97. The smallest absolute Gasteiger partial charge is 0.225 e. The van der Waals surface area contributed by atoms with Gasteiger partial charge in [-0.25, -0.2) is 0 Å². The van der Waals surface area contributed by atoms with Crippen molar-refractivity contribution < 1.29 is 15.3 Å². The van der Waals surface area contributed by atoms with Crippen molar-refractivity contribution in [2.45, 2.75) is 12.7 Å². The quantitative estimate of drug-likeness (QED) is 0.272. The average molecular weight is 116 g/mol. The Balaban J connectivity index is 3.69. The van der Waals surface area contributed by atoms with Gasteiger partial charge in [0.05, 0.1) is 0 Å². The van der Waals surface area contributed by atoms with E-state index in [0.717, 1.165) is 6.92 Å². The molecule has 0 amide bonds. The SMILES string of the molecule is CC(O)(O)C#CCO. The second-order valence-corrected chi connectivity index (χ2v) is 1.48. The summed E-state index contributed by atoms with van der Waals surface area (Å²) in [6.07, 6.45) is 0. The molecule has 0 aliphatic heterocycles. The summed E-state index contributed by atoms with van der Waals surface area (Å²) in [6, 6.07) is 0. The third-order valence-corrected chi connectivity index (χ3v) is 0.404. The molecule has 3 N–H and O–H groups in total. The highest BCUT2D eigenvalue weighted by atomic mass is 16.5. The fourth-order valence-corrected chi connectivity index (χ4v) is 0.207. The molecule has 0 saturated carbocycles. The van der Waals surface area contributed by atoms with Gasteiger partial charge in [-0.2, -0.15) is 0 Å². The first-order valence-electron chi connectivity index (χ1n) is 2.12. The molecule has 0 aromatic carbocycles. The van der Waals surface area contributed by atoms with Gasteiger partial charge in [0.1, 0.15) is 6.61 Å². The topological polar surface area (TPSA) is 60.7 Å². The largest absolute Gasteiger partial charge is 0.384 e. The maximum Gasteiger partial charge on any atom is 0.225 e. The molecule has 0 atom stereocenters. The third-order valence-electron chi connectivity index (χ3n) is 0.404. The van der Waals surface area contributed by atoms with E-state index in [4.69, 9.17) is 15.3 Å². The van der Waals surface area contributed by atoms with Crippen LogP contribution in [0.2, 0.25) is 0 Å². The van der Waals surface area contributed by atoms with Gasteiger partial charge in [-0.15, -0.1) is 0 Å². The average Bonchev–Trinajstić information content (AvgIpc) is 1.59. The second kappa shape index (κ2) is 2.68. The summed E-state index contributed by atoms with van der Waals surface area (Å²) in [5, 5.41) is 24.9. The molecule has 0 saturated heterocycles. The lowest BCUT2D eigenvalue weighted by atomic mass is 10.3. The van der Waals surface area contributed by atoms with Gasteiger partial charge in [-0.1, -0.05) is 5.92 Å². The van der Waals surface area contributed by atoms with E-state index in [2.05, 4.69) is 5.92 Å². The van der Waals surface area contributed by atoms with Crippen molar-refractivity contribution in [3.8, 4) is 11.8 Å². The molecule has 0 heterocycles. The first-order valence-corrected chi connectivity index (χ1v) is 2.12. The zero-order chi connectivity index (χ0) is 6.62. The Labute approximate surface area is 47.6 Å². The molecular weight excluding hydrogens is 108 g/mol. The van der Waals surface area contributed by atoms with Gasteiger partial charge in [0.15, 0.2) is 0 Å². The van der Waals surface area contributed by atoms with Crippen LogP contribution in [-0.2, 0) is 0 Å². The molecule has 0 spiro atoms. The van der Waals surface area contributed by atoms with Crippen molar-refractivity contribution in [2.75, 3.05) is 6.61 Å². The van der Waals surface area contributed by atoms with Gasteiger partial charge in [0, 0.05) is 6.92 Å². The third kappa shape index (κ3) is 5.44. The molecule has 0 aliphatic carbocycles. The molecule has 0 aromatic rings. The Morgan fingerprint density at radius 3 is 2.12 bits per heavy atom. The lowest BCUT2D eigenvalue weighted by Gasteiger charge is -2.03. The number of hydrogen-bond acceptors (Lipinski definition) is 3. The zero-order valence-electron chi connectivity index (χ0n) is 4.55. The molecule has 0 fully saturated rings.